The van der Waals surface area contributed by atoms with Crippen molar-refractivity contribution in [3.63, 3.8) is 0 Å². The minimum Gasteiger partial charge on any atom is -0.496 e. The number of fused-ring (bicyclic) bond motifs is 1. The Hall–Kier alpha value is -4.32. The fourth-order valence-electron chi connectivity index (χ4n) is 3.38. The molecule has 0 bridgehead atoms. The number of carbonyl (C=O) groups is 2. The molecule has 0 N–H and O–H groups in total. The molecule has 0 unspecified atom stereocenters. The highest BCUT2D eigenvalue weighted by molar-refractivity contribution is 6.01. The van der Waals surface area contributed by atoms with Crippen LogP contribution in [0.4, 0.5) is 0 Å². The van der Waals surface area contributed by atoms with Crippen molar-refractivity contribution < 1.29 is 28.5 Å². The van der Waals surface area contributed by atoms with E-state index in [0.717, 1.165) is 5.39 Å². The predicted molar refractivity (Wildman–Crippen MR) is 120 cm³/mol. The van der Waals surface area contributed by atoms with Crippen LogP contribution in [-0.4, -0.2) is 26.2 Å². The van der Waals surface area contributed by atoms with E-state index in [1.54, 1.807) is 72.8 Å². The van der Waals surface area contributed by atoms with E-state index in [2.05, 4.69) is 0 Å². The normalized spacial score (nSPS) is 10.4. The van der Waals surface area contributed by atoms with Gasteiger partial charge < -0.3 is 18.9 Å². The van der Waals surface area contributed by atoms with E-state index in [1.165, 1.54) is 14.2 Å². The molecule has 0 saturated heterocycles. The second-order valence-corrected chi connectivity index (χ2v) is 6.79. The van der Waals surface area contributed by atoms with E-state index in [1.807, 2.05) is 12.1 Å². The quantitative estimate of drug-likeness (QED) is 0.307. The number of benzene rings is 4. The predicted octanol–water partition coefficient (Wildman–Crippen LogP) is 5.30. The lowest BCUT2D eigenvalue weighted by atomic mass is 10.1. The van der Waals surface area contributed by atoms with Gasteiger partial charge in [-0.25, -0.2) is 9.59 Å². The molecule has 4 aromatic rings. The number of esters is 2. The van der Waals surface area contributed by atoms with E-state index in [9.17, 15) is 9.59 Å². The summed E-state index contributed by atoms with van der Waals surface area (Å²) in [7, 11) is 2.97. The highest BCUT2D eigenvalue weighted by Gasteiger charge is 2.20. The standard InChI is InChI=1S/C26H20O6/c1-29-20-13-5-3-11-18(20)25(27)31-22-15-7-9-17-10-8-16-23(24(17)22)32-26(28)19-12-4-6-14-21(19)30-2/h3-16H,1-2H3. The molecule has 0 amide bonds. The van der Waals surface area contributed by atoms with E-state index in [-0.39, 0.29) is 22.6 Å². The van der Waals surface area contributed by atoms with Crippen LogP contribution in [0.25, 0.3) is 10.8 Å². The van der Waals surface area contributed by atoms with Crippen LogP contribution in [-0.2, 0) is 0 Å². The highest BCUT2D eigenvalue weighted by Crippen LogP contribution is 2.35. The van der Waals surface area contributed by atoms with Crippen LogP contribution in [0.1, 0.15) is 20.7 Å². The van der Waals surface area contributed by atoms with Gasteiger partial charge in [0.1, 0.15) is 34.1 Å². The molecule has 32 heavy (non-hydrogen) atoms. The Kier molecular flexibility index (Phi) is 6.03. The summed E-state index contributed by atoms with van der Waals surface area (Å²) >= 11 is 0. The van der Waals surface area contributed by atoms with Gasteiger partial charge in [0.2, 0.25) is 0 Å². The first-order valence-corrected chi connectivity index (χ1v) is 9.84. The van der Waals surface area contributed by atoms with Gasteiger partial charge in [0.15, 0.2) is 0 Å². The summed E-state index contributed by atoms with van der Waals surface area (Å²) in [6, 6.07) is 24.1. The topological polar surface area (TPSA) is 71.1 Å². The summed E-state index contributed by atoms with van der Waals surface area (Å²) < 4.78 is 21.9. The smallest absolute Gasteiger partial charge is 0.347 e. The number of ether oxygens (including phenoxy) is 4. The van der Waals surface area contributed by atoms with Crippen molar-refractivity contribution in [2.75, 3.05) is 14.2 Å². The van der Waals surface area contributed by atoms with E-state index < -0.39 is 11.9 Å². The van der Waals surface area contributed by atoms with E-state index in [4.69, 9.17) is 18.9 Å². The molecule has 0 heterocycles. The molecule has 0 fully saturated rings. The third kappa shape index (κ3) is 4.11. The number of para-hydroxylation sites is 2. The molecule has 0 radical (unpaired) electrons. The van der Waals surface area contributed by atoms with Gasteiger partial charge in [0.25, 0.3) is 0 Å². The maximum absolute atomic E-state index is 12.8. The molecule has 0 atom stereocenters. The third-order valence-corrected chi connectivity index (χ3v) is 4.89. The lowest BCUT2D eigenvalue weighted by Crippen LogP contribution is -2.12. The van der Waals surface area contributed by atoms with Crippen molar-refractivity contribution in [3.05, 3.63) is 96.1 Å². The summed E-state index contributed by atoms with van der Waals surface area (Å²) in [6.45, 7) is 0. The number of methoxy groups -OCH3 is 2. The molecule has 0 aliphatic heterocycles. The minimum absolute atomic E-state index is 0.266. The van der Waals surface area contributed by atoms with Crippen LogP contribution in [0.15, 0.2) is 84.9 Å². The van der Waals surface area contributed by atoms with Gasteiger partial charge in [0.05, 0.1) is 19.6 Å². The van der Waals surface area contributed by atoms with Crippen LogP contribution in [0.3, 0.4) is 0 Å². The van der Waals surface area contributed by atoms with Crippen LogP contribution in [0, 0.1) is 0 Å². The molecule has 4 rings (SSSR count). The Morgan fingerprint density at radius 1 is 0.531 bits per heavy atom. The van der Waals surface area contributed by atoms with Gasteiger partial charge in [-0.15, -0.1) is 0 Å². The zero-order valence-corrected chi connectivity index (χ0v) is 17.5. The van der Waals surface area contributed by atoms with Crippen LogP contribution in [0.2, 0.25) is 0 Å². The Labute approximate surface area is 184 Å². The van der Waals surface area contributed by atoms with Crippen molar-refractivity contribution in [1.29, 1.82) is 0 Å². The Morgan fingerprint density at radius 2 is 0.938 bits per heavy atom. The zero-order valence-electron chi connectivity index (χ0n) is 17.5. The van der Waals surface area contributed by atoms with E-state index >= 15 is 0 Å². The molecule has 6 heteroatoms. The zero-order chi connectivity index (χ0) is 22.5. The monoisotopic (exact) mass is 428 g/mol. The maximum Gasteiger partial charge on any atom is 0.347 e. The first kappa shape index (κ1) is 20.9. The molecule has 160 valence electrons. The van der Waals surface area contributed by atoms with Crippen molar-refractivity contribution >= 4 is 22.7 Å². The van der Waals surface area contributed by atoms with E-state index in [0.29, 0.717) is 16.9 Å². The second kappa shape index (κ2) is 9.22. The summed E-state index contributed by atoms with van der Waals surface area (Å²) in [4.78, 5) is 25.7. The molecule has 4 aromatic carbocycles. The molecule has 0 spiro atoms. The lowest BCUT2D eigenvalue weighted by Gasteiger charge is -2.14. The second-order valence-electron chi connectivity index (χ2n) is 6.79. The summed E-state index contributed by atoms with van der Waals surface area (Å²) in [6.07, 6.45) is 0. The first-order chi connectivity index (χ1) is 15.6. The van der Waals surface area contributed by atoms with Gasteiger partial charge in [-0.05, 0) is 41.8 Å². The van der Waals surface area contributed by atoms with Gasteiger partial charge >= 0.3 is 11.9 Å². The number of hydrogen-bond donors (Lipinski definition) is 0. The Bertz CT molecular complexity index is 1200. The SMILES string of the molecule is COc1ccccc1C(=O)Oc1cccc2cccc(OC(=O)c3ccccc3OC)c12. The van der Waals surface area contributed by atoms with Crippen molar-refractivity contribution in [2.45, 2.75) is 0 Å². The van der Waals surface area contributed by atoms with Gasteiger partial charge in [-0.3, -0.25) is 0 Å². The summed E-state index contributed by atoms with van der Waals surface area (Å²) in [5.41, 5.74) is 0.575. The maximum atomic E-state index is 12.8. The van der Waals surface area contributed by atoms with Gasteiger partial charge in [0, 0.05) is 0 Å². The van der Waals surface area contributed by atoms with Gasteiger partial charge in [-0.2, -0.15) is 0 Å². The van der Waals surface area contributed by atoms with Crippen molar-refractivity contribution in [2.24, 2.45) is 0 Å². The summed E-state index contributed by atoms with van der Waals surface area (Å²) in [5.74, 6) is 0.173. The highest BCUT2D eigenvalue weighted by atomic mass is 16.5. The largest absolute Gasteiger partial charge is 0.496 e. The molecular formula is C26H20O6. The Morgan fingerprint density at radius 3 is 1.38 bits per heavy atom. The first-order valence-electron chi connectivity index (χ1n) is 9.84. The molecular weight excluding hydrogens is 408 g/mol. The summed E-state index contributed by atoms with van der Waals surface area (Å²) in [5, 5.41) is 1.25. The van der Waals surface area contributed by atoms with Crippen LogP contribution in [0.5, 0.6) is 23.0 Å². The van der Waals surface area contributed by atoms with Crippen LogP contribution >= 0.6 is 0 Å². The molecule has 0 aromatic heterocycles. The average molecular weight is 428 g/mol. The fourth-order valence-corrected chi connectivity index (χ4v) is 3.38. The van der Waals surface area contributed by atoms with Crippen molar-refractivity contribution in [3.8, 4) is 23.0 Å². The van der Waals surface area contributed by atoms with Crippen molar-refractivity contribution in [1.82, 2.24) is 0 Å². The number of hydrogen-bond acceptors (Lipinski definition) is 6. The molecule has 0 aliphatic rings. The lowest BCUT2D eigenvalue weighted by molar-refractivity contribution is 0.0732. The number of rotatable bonds is 6. The molecule has 0 aliphatic carbocycles. The third-order valence-electron chi connectivity index (χ3n) is 4.89. The Balaban J connectivity index is 1.71. The fraction of sp³-hybridized carbons (Fsp3) is 0.0769. The average Bonchev–Trinajstić information content (AvgIpc) is 2.84. The van der Waals surface area contributed by atoms with Gasteiger partial charge in [-0.1, -0.05) is 48.5 Å². The minimum atomic E-state index is -0.583. The number of carbonyl (C=O) groups excluding carboxylic acids is 2. The van der Waals surface area contributed by atoms with Crippen LogP contribution < -0.4 is 18.9 Å². The molecule has 0 saturated carbocycles. The molecule has 6 nitrogen and oxygen atoms in total.